The first-order valence-corrected chi connectivity index (χ1v) is 10.6. The van der Waals surface area contributed by atoms with Crippen LogP contribution in [-0.2, 0) is 9.05 Å². The standard InChI is InChI=1S/C8H7F9N3O2P3/c9-7(10,11)5-21-24(16)18-23(15,8(12,13)14)19-25(17,20-24)22-6-3-1-2-4-6/h1-3H,4-5H2. The topological polar surface area (TPSA) is 55.5 Å². The van der Waals surface area contributed by atoms with Crippen LogP contribution in [0.3, 0.4) is 0 Å². The van der Waals surface area contributed by atoms with Crippen molar-refractivity contribution in [2.24, 2.45) is 13.5 Å². The zero-order valence-corrected chi connectivity index (χ0v) is 14.2. The number of nitrogens with zero attached hydrogens (tertiary/aromatic N) is 3. The lowest BCUT2D eigenvalue weighted by atomic mass is 10.4. The van der Waals surface area contributed by atoms with Crippen LogP contribution in [0.15, 0.2) is 37.5 Å². The maximum absolute atomic E-state index is 14.5. The highest BCUT2D eigenvalue weighted by Crippen LogP contribution is 2.85. The SMILES string of the molecule is FC(F)(F)COP1(F)=NP(F)(OC2=CC=CC2)=NP(F)(C(F)(F)F)=N1. The average Bonchev–Trinajstić information content (AvgIpc) is 2.85. The molecular weight excluding hydrogens is 434 g/mol. The van der Waals surface area contributed by atoms with E-state index in [1.807, 2.05) is 4.52 Å². The Kier molecular flexibility index (Phi) is 5.34. The molecule has 1 aliphatic carbocycles. The van der Waals surface area contributed by atoms with E-state index >= 15 is 0 Å². The quantitative estimate of drug-likeness (QED) is 0.330. The van der Waals surface area contributed by atoms with Crippen LogP contribution in [0.4, 0.5) is 38.9 Å². The Labute approximate surface area is 134 Å². The van der Waals surface area contributed by atoms with Gasteiger partial charge in [0, 0.05) is 6.42 Å². The number of allylic oxidation sites excluding steroid dienone is 3. The van der Waals surface area contributed by atoms with E-state index < -0.39 is 41.7 Å². The number of halogens is 9. The van der Waals surface area contributed by atoms with Gasteiger partial charge < -0.3 is 4.52 Å². The molecule has 5 nitrogen and oxygen atoms in total. The highest BCUT2D eigenvalue weighted by Gasteiger charge is 2.57. The van der Waals surface area contributed by atoms with Gasteiger partial charge in [-0.2, -0.15) is 39.3 Å². The molecule has 1 aliphatic heterocycles. The van der Waals surface area contributed by atoms with Crippen molar-refractivity contribution < 1.29 is 48.0 Å². The molecular formula is C8H7F9N3O2P3. The third-order valence-electron chi connectivity index (χ3n) is 2.36. The van der Waals surface area contributed by atoms with Crippen molar-refractivity contribution in [3.05, 3.63) is 24.0 Å². The minimum atomic E-state index is -6.59. The Bertz CT molecular complexity index is 782. The van der Waals surface area contributed by atoms with Gasteiger partial charge in [0.05, 0.1) is 0 Å². The molecule has 0 aromatic rings. The fraction of sp³-hybridized carbons (Fsp3) is 0.500. The monoisotopic (exact) mass is 441 g/mol. The van der Waals surface area contributed by atoms with Crippen molar-refractivity contribution in [2.45, 2.75) is 18.5 Å². The largest absolute Gasteiger partial charge is 0.472 e. The Balaban J connectivity index is 2.52. The molecule has 0 spiro atoms. The van der Waals surface area contributed by atoms with E-state index in [0.29, 0.717) is 0 Å². The van der Waals surface area contributed by atoms with Crippen LogP contribution in [-0.4, -0.2) is 18.7 Å². The van der Waals surface area contributed by atoms with E-state index in [9.17, 15) is 38.9 Å². The second-order valence-corrected chi connectivity index (χ2v) is 10.5. The van der Waals surface area contributed by atoms with Gasteiger partial charge in [0.15, 0.2) is 6.61 Å². The van der Waals surface area contributed by atoms with E-state index in [-0.39, 0.29) is 12.2 Å². The minimum absolute atomic E-state index is 0.126. The highest BCUT2D eigenvalue weighted by molar-refractivity contribution is 7.80. The van der Waals surface area contributed by atoms with Gasteiger partial charge in [-0.05, 0) is 6.08 Å². The average molecular weight is 441 g/mol. The Hall–Kier alpha value is -0.700. The predicted molar refractivity (Wildman–Crippen MR) is 72.4 cm³/mol. The summed E-state index contributed by atoms with van der Waals surface area (Å²) in [6, 6.07) is 0. The van der Waals surface area contributed by atoms with Gasteiger partial charge >= 0.3 is 35.1 Å². The van der Waals surface area contributed by atoms with Crippen molar-refractivity contribution >= 4 is 23.0 Å². The van der Waals surface area contributed by atoms with E-state index in [1.54, 1.807) is 0 Å². The lowest BCUT2D eigenvalue weighted by molar-refractivity contribution is -0.153. The molecule has 0 saturated heterocycles. The third kappa shape index (κ3) is 5.15. The second-order valence-electron chi connectivity index (χ2n) is 4.45. The van der Waals surface area contributed by atoms with Crippen molar-refractivity contribution in [2.75, 3.05) is 6.61 Å². The summed E-state index contributed by atoms with van der Waals surface area (Å²) in [5.74, 6) is -6.30. The van der Waals surface area contributed by atoms with Gasteiger partial charge in [0.2, 0.25) is 0 Å². The molecule has 3 unspecified atom stereocenters. The van der Waals surface area contributed by atoms with Crippen LogP contribution >= 0.6 is 23.0 Å². The Morgan fingerprint density at radius 2 is 1.60 bits per heavy atom. The summed E-state index contributed by atoms with van der Waals surface area (Å²) in [5, 5.41) is 0. The first kappa shape index (κ1) is 20.6. The van der Waals surface area contributed by atoms with E-state index in [0.717, 1.165) is 6.08 Å². The van der Waals surface area contributed by atoms with E-state index in [1.165, 1.54) is 12.2 Å². The fourth-order valence-corrected chi connectivity index (χ4v) is 8.56. The van der Waals surface area contributed by atoms with E-state index in [4.69, 9.17) is 0 Å². The summed E-state index contributed by atoms with van der Waals surface area (Å²) >= 11 is 0. The number of rotatable bonds is 4. The summed E-state index contributed by atoms with van der Waals surface area (Å²) in [6.07, 6.45) is -1.58. The molecule has 0 aromatic carbocycles. The van der Waals surface area contributed by atoms with Gasteiger partial charge in [-0.3, -0.25) is 4.52 Å². The first-order valence-electron chi connectivity index (χ1n) is 5.99. The molecule has 0 N–H and O–H groups in total. The number of hydrogen-bond acceptors (Lipinski definition) is 5. The third-order valence-corrected chi connectivity index (χ3v) is 9.36. The molecule has 17 heteroatoms. The molecule has 2 aliphatic rings. The molecule has 25 heavy (non-hydrogen) atoms. The molecule has 0 amide bonds. The Morgan fingerprint density at radius 1 is 0.960 bits per heavy atom. The molecule has 0 aromatic heterocycles. The molecule has 0 saturated carbocycles. The first-order chi connectivity index (χ1) is 11.2. The van der Waals surface area contributed by atoms with Crippen molar-refractivity contribution in [3.63, 3.8) is 0 Å². The maximum Gasteiger partial charge on any atom is 0.472 e. The lowest BCUT2D eigenvalue weighted by Gasteiger charge is -2.25. The van der Waals surface area contributed by atoms with Crippen molar-refractivity contribution in [1.82, 2.24) is 0 Å². The van der Waals surface area contributed by atoms with Crippen LogP contribution in [0.25, 0.3) is 0 Å². The van der Waals surface area contributed by atoms with Crippen LogP contribution in [0.2, 0.25) is 0 Å². The molecule has 3 atom stereocenters. The summed E-state index contributed by atoms with van der Waals surface area (Å²) in [4.78, 5) is 0. The van der Waals surface area contributed by atoms with Crippen LogP contribution in [0.5, 0.6) is 0 Å². The fourth-order valence-electron chi connectivity index (χ4n) is 1.47. The molecule has 0 bridgehead atoms. The van der Waals surface area contributed by atoms with Crippen molar-refractivity contribution in [3.8, 4) is 0 Å². The van der Waals surface area contributed by atoms with Gasteiger partial charge in [-0.25, -0.2) is 0 Å². The minimum Gasteiger partial charge on any atom is -0.423 e. The highest BCUT2D eigenvalue weighted by atomic mass is 31.3. The molecule has 0 fully saturated rings. The summed E-state index contributed by atoms with van der Waals surface area (Å²) in [5.41, 5.74) is 0. The smallest absolute Gasteiger partial charge is 0.423 e. The van der Waals surface area contributed by atoms with Gasteiger partial charge in [0.25, 0.3) is 0 Å². The molecule has 0 radical (unpaired) electrons. The van der Waals surface area contributed by atoms with E-state index in [2.05, 4.69) is 18.1 Å². The van der Waals surface area contributed by atoms with Gasteiger partial charge in [-0.15, -0.1) is 13.2 Å². The summed E-state index contributed by atoms with van der Waals surface area (Å²) in [7, 11) is -18.2. The van der Waals surface area contributed by atoms with Crippen LogP contribution < -0.4 is 0 Å². The second kappa shape index (κ2) is 6.48. The zero-order chi connectivity index (χ0) is 19.1. The van der Waals surface area contributed by atoms with Crippen LogP contribution in [0, 0.1) is 0 Å². The number of alkyl halides is 6. The maximum atomic E-state index is 14.5. The molecule has 144 valence electrons. The summed E-state index contributed by atoms with van der Waals surface area (Å²) < 4.78 is 132. The molecule has 2 rings (SSSR count). The van der Waals surface area contributed by atoms with Crippen LogP contribution in [0.1, 0.15) is 6.42 Å². The Morgan fingerprint density at radius 3 is 2.08 bits per heavy atom. The molecule has 1 heterocycles. The zero-order valence-electron chi connectivity index (χ0n) is 11.5. The number of hydrogen-bond donors (Lipinski definition) is 0. The lowest BCUT2D eigenvalue weighted by Crippen LogP contribution is -2.15. The predicted octanol–water partition coefficient (Wildman–Crippen LogP) is 7.79. The van der Waals surface area contributed by atoms with Gasteiger partial charge in [0.1, 0.15) is 5.76 Å². The summed E-state index contributed by atoms with van der Waals surface area (Å²) in [6.45, 7) is -2.44. The normalized spacial score (nSPS) is 35.5. The van der Waals surface area contributed by atoms with Crippen molar-refractivity contribution in [1.29, 1.82) is 0 Å². The van der Waals surface area contributed by atoms with Gasteiger partial charge in [-0.1, -0.05) is 12.2 Å².